The number of fused-ring (bicyclic) bond motifs is 1. The van der Waals surface area contributed by atoms with E-state index in [2.05, 4.69) is 5.32 Å². The number of hydrogen-bond donors (Lipinski definition) is 1. The van der Waals surface area contributed by atoms with Crippen molar-refractivity contribution in [2.75, 3.05) is 6.54 Å². The Morgan fingerprint density at radius 3 is 3.00 bits per heavy atom. The fraction of sp³-hybridized carbons (Fsp3) is 0.357. The van der Waals surface area contributed by atoms with Crippen LogP contribution in [0.3, 0.4) is 0 Å². The number of halogens is 1. The van der Waals surface area contributed by atoms with Crippen LogP contribution >= 0.6 is 11.6 Å². The van der Waals surface area contributed by atoms with E-state index in [0.29, 0.717) is 22.3 Å². The number of carbonyl (C=O) groups excluding carboxylic acids is 1. The smallest absolute Gasteiger partial charge is 0.287 e. The van der Waals surface area contributed by atoms with E-state index in [4.69, 9.17) is 16.0 Å². The van der Waals surface area contributed by atoms with Crippen molar-refractivity contribution < 1.29 is 9.21 Å². The van der Waals surface area contributed by atoms with Crippen molar-refractivity contribution in [3.05, 3.63) is 34.5 Å². The van der Waals surface area contributed by atoms with Crippen LogP contribution in [-0.4, -0.2) is 12.5 Å². The van der Waals surface area contributed by atoms with E-state index in [9.17, 15) is 4.79 Å². The van der Waals surface area contributed by atoms with E-state index in [0.717, 1.165) is 17.5 Å². The Bertz CT molecular complexity index is 614. The average Bonchev–Trinajstić information content (AvgIpc) is 3.12. The van der Waals surface area contributed by atoms with Gasteiger partial charge >= 0.3 is 0 Å². The maximum Gasteiger partial charge on any atom is 0.287 e. The van der Waals surface area contributed by atoms with E-state index in [1.165, 1.54) is 12.8 Å². The molecule has 0 bridgehead atoms. The SMILES string of the molecule is Cc1c(C(=O)NCC2CC2)oc2ccc(Cl)cc12. The Kier molecular flexibility index (Phi) is 2.78. The molecular formula is C14H14ClNO2. The summed E-state index contributed by atoms with van der Waals surface area (Å²) < 4.78 is 5.60. The van der Waals surface area contributed by atoms with Crippen molar-refractivity contribution in [1.29, 1.82) is 0 Å². The standard InChI is InChI=1S/C14H14ClNO2/c1-8-11-6-10(15)4-5-12(11)18-13(8)14(17)16-7-9-2-3-9/h4-6,9H,2-3,7H2,1H3,(H,16,17). The van der Waals surface area contributed by atoms with E-state index in [-0.39, 0.29) is 5.91 Å². The van der Waals surface area contributed by atoms with Gasteiger partial charge in [0.1, 0.15) is 5.58 Å². The van der Waals surface area contributed by atoms with Gasteiger partial charge in [-0.25, -0.2) is 0 Å². The van der Waals surface area contributed by atoms with Gasteiger partial charge in [-0.3, -0.25) is 4.79 Å². The molecule has 3 rings (SSSR count). The summed E-state index contributed by atoms with van der Waals surface area (Å²) in [5, 5.41) is 4.46. The van der Waals surface area contributed by atoms with Crippen LogP contribution in [0.1, 0.15) is 29.0 Å². The fourth-order valence-corrected chi connectivity index (χ4v) is 2.22. The summed E-state index contributed by atoms with van der Waals surface area (Å²) in [6.45, 7) is 2.63. The molecule has 1 aromatic heterocycles. The zero-order chi connectivity index (χ0) is 12.7. The minimum atomic E-state index is -0.133. The lowest BCUT2D eigenvalue weighted by molar-refractivity contribution is 0.0925. The van der Waals surface area contributed by atoms with Crippen LogP contribution in [-0.2, 0) is 0 Å². The van der Waals surface area contributed by atoms with Gasteiger partial charge < -0.3 is 9.73 Å². The Labute approximate surface area is 110 Å². The van der Waals surface area contributed by atoms with Crippen molar-refractivity contribution in [3.8, 4) is 0 Å². The first-order chi connectivity index (χ1) is 8.65. The first-order valence-corrected chi connectivity index (χ1v) is 6.50. The molecule has 1 fully saturated rings. The van der Waals surface area contributed by atoms with Gasteiger partial charge in [-0.15, -0.1) is 0 Å². The van der Waals surface area contributed by atoms with Crippen molar-refractivity contribution in [2.45, 2.75) is 19.8 Å². The summed E-state index contributed by atoms with van der Waals surface area (Å²) in [7, 11) is 0. The maximum absolute atomic E-state index is 12.0. The minimum absolute atomic E-state index is 0.133. The van der Waals surface area contributed by atoms with E-state index >= 15 is 0 Å². The predicted octanol–water partition coefficient (Wildman–Crippen LogP) is 3.53. The first-order valence-electron chi connectivity index (χ1n) is 6.12. The van der Waals surface area contributed by atoms with Gasteiger partial charge in [-0.05, 0) is 43.9 Å². The molecule has 0 aliphatic heterocycles. The topological polar surface area (TPSA) is 42.2 Å². The van der Waals surface area contributed by atoms with Gasteiger partial charge in [0.05, 0.1) is 0 Å². The minimum Gasteiger partial charge on any atom is -0.451 e. The third-order valence-electron chi connectivity index (χ3n) is 3.35. The molecule has 1 N–H and O–H groups in total. The van der Waals surface area contributed by atoms with Crippen LogP contribution in [0.5, 0.6) is 0 Å². The summed E-state index contributed by atoms with van der Waals surface area (Å²) in [4.78, 5) is 12.0. The molecule has 4 heteroatoms. The molecule has 0 spiro atoms. The summed E-state index contributed by atoms with van der Waals surface area (Å²) in [5.74, 6) is 0.924. The molecule has 3 nitrogen and oxygen atoms in total. The summed E-state index contributed by atoms with van der Waals surface area (Å²) in [6, 6.07) is 5.38. The monoisotopic (exact) mass is 263 g/mol. The number of nitrogens with one attached hydrogen (secondary N) is 1. The summed E-state index contributed by atoms with van der Waals surface area (Å²) in [5.41, 5.74) is 1.55. The number of furan rings is 1. The largest absolute Gasteiger partial charge is 0.451 e. The van der Waals surface area contributed by atoms with Crippen LogP contribution in [0.4, 0.5) is 0 Å². The highest BCUT2D eigenvalue weighted by Crippen LogP contribution is 2.29. The van der Waals surface area contributed by atoms with Gasteiger partial charge in [0, 0.05) is 22.5 Å². The lowest BCUT2D eigenvalue weighted by Gasteiger charge is -2.01. The van der Waals surface area contributed by atoms with Gasteiger partial charge in [-0.2, -0.15) is 0 Å². The molecule has 0 saturated heterocycles. The number of carbonyl (C=O) groups is 1. The summed E-state index contributed by atoms with van der Waals surface area (Å²) in [6.07, 6.45) is 2.43. The second kappa shape index (κ2) is 4.32. The van der Waals surface area contributed by atoms with Crippen LogP contribution in [0, 0.1) is 12.8 Å². The van der Waals surface area contributed by atoms with Crippen LogP contribution in [0.25, 0.3) is 11.0 Å². The number of benzene rings is 1. The molecule has 0 radical (unpaired) electrons. The zero-order valence-corrected chi connectivity index (χ0v) is 10.9. The first kappa shape index (κ1) is 11.6. The van der Waals surface area contributed by atoms with Crippen molar-refractivity contribution in [3.63, 3.8) is 0 Å². The Balaban J connectivity index is 1.90. The van der Waals surface area contributed by atoms with E-state index < -0.39 is 0 Å². The molecule has 1 heterocycles. The Morgan fingerprint density at radius 1 is 1.50 bits per heavy atom. The third kappa shape index (κ3) is 2.10. The van der Waals surface area contributed by atoms with E-state index in [1.54, 1.807) is 12.1 Å². The second-order valence-corrected chi connectivity index (χ2v) is 5.29. The van der Waals surface area contributed by atoms with Gasteiger partial charge in [-0.1, -0.05) is 11.6 Å². The number of aryl methyl sites for hydroxylation is 1. The molecule has 2 aromatic rings. The molecule has 1 aliphatic rings. The molecule has 1 amide bonds. The maximum atomic E-state index is 12.0. The normalized spacial score (nSPS) is 15.0. The molecule has 94 valence electrons. The van der Waals surface area contributed by atoms with Crippen LogP contribution in [0.15, 0.2) is 22.6 Å². The Morgan fingerprint density at radius 2 is 2.28 bits per heavy atom. The summed E-state index contributed by atoms with van der Waals surface area (Å²) >= 11 is 5.95. The van der Waals surface area contributed by atoms with Crippen molar-refractivity contribution >= 4 is 28.5 Å². The predicted molar refractivity (Wildman–Crippen MR) is 71.0 cm³/mol. The number of amides is 1. The third-order valence-corrected chi connectivity index (χ3v) is 3.59. The number of rotatable bonds is 3. The molecule has 0 unspecified atom stereocenters. The van der Waals surface area contributed by atoms with Gasteiger partial charge in [0.2, 0.25) is 0 Å². The van der Waals surface area contributed by atoms with Gasteiger partial charge in [0.25, 0.3) is 5.91 Å². The van der Waals surface area contributed by atoms with Crippen LogP contribution in [0.2, 0.25) is 5.02 Å². The van der Waals surface area contributed by atoms with Crippen molar-refractivity contribution in [1.82, 2.24) is 5.32 Å². The van der Waals surface area contributed by atoms with Crippen molar-refractivity contribution in [2.24, 2.45) is 5.92 Å². The highest BCUT2D eigenvalue weighted by molar-refractivity contribution is 6.31. The second-order valence-electron chi connectivity index (χ2n) is 4.85. The van der Waals surface area contributed by atoms with Crippen LogP contribution < -0.4 is 5.32 Å². The highest BCUT2D eigenvalue weighted by Gasteiger charge is 2.24. The highest BCUT2D eigenvalue weighted by atomic mass is 35.5. The Hall–Kier alpha value is -1.48. The van der Waals surface area contributed by atoms with Gasteiger partial charge in [0.15, 0.2) is 5.76 Å². The molecule has 0 atom stereocenters. The molecule has 18 heavy (non-hydrogen) atoms. The molecule has 1 saturated carbocycles. The number of hydrogen-bond acceptors (Lipinski definition) is 2. The quantitative estimate of drug-likeness (QED) is 0.920. The molecular weight excluding hydrogens is 250 g/mol. The fourth-order valence-electron chi connectivity index (χ4n) is 2.05. The molecule has 1 aromatic carbocycles. The molecule has 1 aliphatic carbocycles. The lowest BCUT2D eigenvalue weighted by atomic mass is 10.1. The van der Waals surface area contributed by atoms with E-state index in [1.807, 2.05) is 13.0 Å². The lowest BCUT2D eigenvalue weighted by Crippen LogP contribution is -2.25. The average molecular weight is 264 g/mol. The zero-order valence-electron chi connectivity index (χ0n) is 10.1.